The van der Waals surface area contributed by atoms with E-state index in [0.717, 1.165) is 43.2 Å². The average Bonchev–Trinajstić information content (AvgIpc) is 2.68. The number of hydrogen-bond donors (Lipinski definition) is 1. The highest BCUT2D eigenvalue weighted by atomic mass is 16.5. The van der Waals surface area contributed by atoms with Gasteiger partial charge >= 0.3 is 0 Å². The topological polar surface area (TPSA) is 39.7 Å². The standard InChI is InChI=1S/C23H31NO3/c1-5-26-23-20-11-13-24-22(19(20)9-10-21(23)25-4)17-7-6-8-18(15-17)27-14-12-16(2)3/h6-10,15-16,22,24H,5,11-14H2,1-4H3. The molecule has 27 heavy (non-hydrogen) atoms. The highest BCUT2D eigenvalue weighted by Crippen LogP contribution is 2.40. The van der Waals surface area contributed by atoms with Crippen LogP contribution in [0, 0.1) is 5.92 Å². The Bertz CT molecular complexity index is 757. The summed E-state index contributed by atoms with van der Waals surface area (Å²) in [5.74, 6) is 3.27. The van der Waals surface area contributed by atoms with Crippen LogP contribution in [-0.4, -0.2) is 26.9 Å². The molecule has 1 heterocycles. The van der Waals surface area contributed by atoms with Crippen LogP contribution in [0.15, 0.2) is 36.4 Å². The zero-order valence-electron chi connectivity index (χ0n) is 16.9. The van der Waals surface area contributed by atoms with Crippen molar-refractivity contribution in [3.63, 3.8) is 0 Å². The van der Waals surface area contributed by atoms with Crippen molar-refractivity contribution < 1.29 is 14.2 Å². The number of fused-ring (bicyclic) bond motifs is 1. The van der Waals surface area contributed by atoms with Crippen LogP contribution in [0.2, 0.25) is 0 Å². The molecule has 0 aromatic heterocycles. The van der Waals surface area contributed by atoms with Gasteiger partial charge in [-0.2, -0.15) is 0 Å². The van der Waals surface area contributed by atoms with Crippen molar-refractivity contribution in [3.8, 4) is 17.2 Å². The Morgan fingerprint density at radius 2 is 2.00 bits per heavy atom. The lowest BCUT2D eigenvalue weighted by atomic mass is 9.89. The number of nitrogens with one attached hydrogen (secondary N) is 1. The summed E-state index contributed by atoms with van der Waals surface area (Å²) < 4.78 is 17.4. The molecule has 2 aromatic carbocycles. The van der Waals surface area contributed by atoms with Gasteiger partial charge in [0.15, 0.2) is 11.5 Å². The first-order chi connectivity index (χ1) is 13.1. The molecule has 0 saturated heterocycles. The Kier molecular flexibility index (Phi) is 6.62. The van der Waals surface area contributed by atoms with Crippen LogP contribution < -0.4 is 19.5 Å². The van der Waals surface area contributed by atoms with E-state index in [1.807, 2.05) is 19.1 Å². The lowest BCUT2D eigenvalue weighted by Gasteiger charge is -2.29. The van der Waals surface area contributed by atoms with Crippen molar-refractivity contribution in [2.24, 2.45) is 5.92 Å². The normalized spacial score (nSPS) is 16.1. The third-order valence-corrected chi connectivity index (χ3v) is 4.96. The molecule has 4 heteroatoms. The van der Waals surface area contributed by atoms with E-state index in [1.54, 1.807) is 7.11 Å². The summed E-state index contributed by atoms with van der Waals surface area (Å²) in [6, 6.07) is 12.7. The fraction of sp³-hybridized carbons (Fsp3) is 0.478. The maximum absolute atomic E-state index is 5.96. The van der Waals surface area contributed by atoms with Gasteiger partial charge in [-0.15, -0.1) is 0 Å². The zero-order chi connectivity index (χ0) is 19.2. The molecule has 0 spiro atoms. The molecule has 0 aliphatic carbocycles. The van der Waals surface area contributed by atoms with Gasteiger partial charge in [-0.3, -0.25) is 0 Å². The molecule has 0 amide bonds. The van der Waals surface area contributed by atoms with E-state index in [0.29, 0.717) is 12.5 Å². The molecule has 0 saturated carbocycles. The second kappa shape index (κ2) is 9.14. The van der Waals surface area contributed by atoms with Gasteiger partial charge in [-0.05, 0) is 55.0 Å². The number of methoxy groups -OCH3 is 1. The Hall–Kier alpha value is -2.20. The zero-order valence-corrected chi connectivity index (χ0v) is 16.9. The van der Waals surface area contributed by atoms with E-state index in [4.69, 9.17) is 14.2 Å². The highest BCUT2D eigenvalue weighted by molar-refractivity contribution is 5.55. The molecule has 1 N–H and O–H groups in total. The third-order valence-electron chi connectivity index (χ3n) is 4.96. The molecule has 1 atom stereocenters. The lowest BCUT2D eigenvalue weighted by molar-refractivity contribution is 0.289. The average molecular weight is 370 g/mol. The molecule has 4 nitrogen and oxygen atoms in total. The minimum Gasteiger partial charge on any atom is -0.494 e. The monoisotopic (exact) mass is 369 g/mol. The van der Waals surface area contributed by atoms with Gasteiger partial charge in [-0.1, -0.05) is 32.0 Å². The molecule has 2 aromatic rings. The van der Waals surface area contributed by atoms with E-state index < -0.39 is 0 Å². The van der Waals surface area contributed by atoms with Gasteiger partial charge in [-0.25, -0.2) is 0 Å². The summed E-state index contributed by atoms with van der Waals surface area (Å²) in [4.78, 5) is 0. The fourth-order valence-electron chi connectivity index (χ4n) is 3.56. The fourth-order valence-corrected chi connectivity index (χ4v) is 3.56. The first-order valence-corrected chi connectivity index (χ1v) is 9.92. The SMILES string of the molecule is CCOc1c(OC)ccc2c1CCNC2c1cccc(OCCC(C)C)c1. The summed E-state index contributed by atoms with van der Waals surface area (Å²) in [7, 11) is 1.70. The van der Waals surface area contributed by atoms with Crippen LogP contribution in [-0.2, 0) is 6.42 Å². The first kappa shape index (κ1) is 19.6. The Balaban J connectivity index is 1.88. The van der Waals surface area contributed by atoms with Gasteiger partial charge < -0.3 is 19.5 Å². The van der Waals surface area contributed by atoms with Crippen LogP contribution in [0.1, 0.15) is 49.9 Å². The molecule has 0 fully saturated rings. The maximum atomic E-state index is 5.96. The quantitative estimate of drug-likeness (QED) is 0.729. The van der Waals surface area contributed by atoms with E-state index in [-0.39, 0.29) is 6.04 Å². The second-order valence-electron chi connectivity index (χ2n) is 7.34. The van der Waals surface area contributed by atoms with Gasteiger partial charge in [0.05, 0.1) is 26.4 Å². The van der Waals surface area contributed by atoms with Crippen molar-refractivity contribution in [1.82, 2.24) is 5.32 Å². The largest absolute Gasteiger partial charge is 0.494 e. The van der Waals surface area contributed by atoms with Crippen molar-refractivity contribution in [2.45, 2.75) is 39.7 Å². The molecular weight excluding hydrogens is 338 g/mol. The summed E-state index contributed by atoms with van der Waals surface area (Å²) in [5, 5.41) is 3.65. The minimum absolute atomic E-state index is 0.132. The summed E-state index contributed by atoms with van der Waals surface area (Å²) in [5.41, 5.74) is 3.71. The maximum Gasteiger partial charge on any atom is 0.164 e. The summed E-state index contributed by atoms with van der Waals surface area (Å²) in [6.07, 6.45) is 2.00. The second-order valence-corrected chi connectivity index (χ2v) is 7.34. The molecule has 1 aliphatic rings. The smallest absolute Gasteiger partial charge is 0.164 e. The summed E-state index contributed by atoms with van der Waals surface area (Å²) in [6.45, 7) is 8.73. The van der Waals surface area contributed by atoms with E-state index >= 15 is 0 Å². The number of rotatable bonds is 8. The van der Waals surface area contributed by atoms with Gasteiger partial charge in [0.1, 0.15) is 5.75 Å². The number of hydrogen-bond acceptors (Lipinski definition) is 4. The van der Waals surface area contributed by atoms with Crippen LogP contribution in [0.3, 0.4) is 0 Å². The predicted molar refractivity (Wildman–Crippen MR) is 109 cm³/mol. The van der Waals surface area contributed by atoms with Crippen LogP contribution >= 0.6 is 0 Å². The van der Waals surface area contributed by atoms with Crippen LogP contribution in [0.4, 0.5) is 0 Å². The predicted octanol–water partition coefficient (Wildman–Crippen LogP) is 4.75. The molecule has 1 unspecified atom stereocenters. The Morgan fingerprint density at radius 1 is 1.15 bits per heavy atom. The van der Waals surface area contributed by atoms with Gasteiger partial charge in [0.25, 0.3) is 0 Å². The summed E-state index contributed by atoms with van der Waals surface area (Å²) >= 11 is 0. The molecule has 0 bridgehead atoms. The van der Waals surface area contributed by atoms with E-state index in [1.165, 1.54) is 16.7 Å². The van der Waals surface area contributed by atoms with Gasteiger partial charge in [0.2, 0.25) is 0 Å². The van der Waals surface area contributed by atoms with Crippen LogP contribution in [0.5, 0.6) is 17.2 Å². The van der Waals surface area contributed by atoms with Gasteiger partial charge in [0, 0.05) is 12.1 Å². The van der Waals surface area contributed by atoms with Crippen LogP contribution in [0.25, 0.3) is 0 Å². The highest BCUT2D eigenvalue weighted by Gasteiger charge is 2.26. The van der Waals surface area contributed by atoms with E-state index in [9.17, 15) is 0 Å². The van der Waals surface area contributed by atoms with Crippen molar-refractivity contribution >= 4 is 0 Å². The van der Waals surface area contributed by atoms with Crippen molar-refractivity contribution in [1.29, 1.82) is 0 Å². The lowest BCUT2D eigenvalue weighted by Crippen LogP contribution is -2.31. The van der Waals surface area contributed by atoms with Crippen molar-refractivity contribution in [2.75, 3.05) is 26.9 Å². The van der Waals surface area contributed by atoms with Crippen molar-refractivity contribution in [3.05, 3.63) is 53.1 Å². The number of ether oxygens (including phenoxy) is 3. The Labute approximate surface area is 162 Å². The molecule has 3 rings (SSSR count). The molecule has 146 valence electrons. The molecular formula is C23H31NO3. The molecule has 0 radical (unpaired) electrons. The third kappa shape index (κ3) is 4.56. The number of benzene rings is 2. The molecule has 1 aliphatic heterocycles. The minimum atomic E-state index is 0.132. The Morgan fingerprint density at radius 3 is 2.74 bits per heavy atom. The first-order valence-electron chi connectivity index (χ1n) is 9.92. The van der Waals surface area contributed by atoms with E-state index in [2.05, 4.69) is 43.4 Å².